The van der Waals surface area contributed by atoms with E-state index in [1.54, 1.807) is 17.4 Å². The minimum Gasteiger partial charge on any atom is -0.459 e. The number of benzene rings is 1. The lowest BCUT2D eigenvalue weighted by molar-refractivity contribution is -0.116. The number of carbonyl (C=O) groups excluding carboxylic acids is 1. The van der Waals surface area contributed by atoms with Gasteiger partial charge in [0.25, 0.3) is 0 Å². The lowest BCUT2D eigenvalue weighted by Crippen LogP contribution is -2.19. The zero-order valence-corrected chi connectivity index (χ0v) is 12.7. The van der Waals surface area contributed by atoms with Gasteiger partial charge in [0, 0.05) is 17.0 Å². The Kier molecular flexibility index (Phi) is 4.51. The second kappa shape index (κ2) is 6.91. The Morgan fingerprint density at radius 2 is 2.00 bits per heavy atom. The molecule has 2 heterocycles. The molecule has 0 bridgehead atoms. The van der Waals surface area contributed by atoms with E-state index < -0.39 is 0 Å². The zero-order chi connectivity index (χ0) is 15.2. The van der Waals surface area contributed by atoms with Gasteiger partial charge in [0.05, 0.1) is 6.54 Å². The highest BCUT2D eigenvalue weighted by atomic mass is 32.1. The summed E-state index contributed by atoms with van der Waals surface area (Å²) in [6.07, 6.45) is 3.31. The highest BCUT2D eigenvalue weighted by molar-refractivity contribution is 7.08. The lowest BCUT2D eigenvalue weighted by Gasteiger charge is -1.99. The molecule has 3 aromatic rings. The van der Waals surface area contributed by atoms with E-state index in [0.29, 0.717) is 6.54 Å². The van der Waals surface area contributed by atoms with Crippen molar-refractivity contribution in [1.82, 2.24) is 5.32 Å². The van der Waals surface area contributed by atoms with Gasteiger partial charge in [0.1, 0.15) is 11.5 Å². The Morgan fingerprint density at radius 1 is 1.14 bits per heavy atom. The van der Waals surface area contributed by atoms with Crippen LogP contribution in [0.5, 0.6) is 0 Å². The third kappa shape index (κ3) is 3.74. The summed E-state index contributed by atoms with van der Waals surface area (Å²) in [6, 6.07) is 15.5. The van der Waals surface area contributed by atoms with E-state index in [1.807, 2.05) is 59.3 Å². The van der Waals surface area contributed by atoms with Crippen LogP contribution >= 0.6 is 11.3 Å². The van der Waals surface area contributed by atoms with Crippen LogP contribution in [0.3, 0.4) is 0 Å². The molecule has 3 rings (SSSR count). The normalized spacial score (nSPS) is 10.9. The van der Waals surface area contributed by atoms with Crippen LogP contribution in [0.25, 0.3) is 17.4 Å². The summed E-state index contributed by atoms with van der Waals surface area (Å²) >= 11 is 1.63. The van der Waals surface area contributed by atoms with E-state index in [1.165, 1.54) is 6.08 Å². The Balaban J connectivity index is 1.54. The average molecular weight is 309 g/mol. The fourth-order valence-electron chi connectivity index (χ4n) is 2.00. The minimum atomic E-state index is -0.141. The van der Waals surface area contributed by atoms with E-state index >= 15 is 0 Å². The highest BCUT2D eigenvalue weighted by Crippen LogP contribution is 2.24. The second-order valence-electron chi connectivity index (χ2n) is 4.74. The first-order valence-electron chi connectivity index (χ1n) is 6.93. The topological polar surface area (TPSA) is 42.2 Å². The van der Waals surface area contributed by atoms with Gasteiger partial charge >= 0.3 is 0 Å². The number of carbonyl (C=O) groups is 1. The molecule has 0 radical (unpaired) electrons. The minimum absolute atomic E-state index is 0.141. The summed E-state index contributed by atoms with van der Waals surface area (Å²) < 4.78 is 5.71. The van der Waals surface area contributed by atoms with Crippen molar-refractivity contribution in [1.29, 1.82) is 0 Å². The quantitative estimate of drug-likeness (QED) is 0.712. The SMILES string of the molecule is O=C(/C=C/c1ccccc1)NCc1ccc(-c2ccsc2)o1. The fraction of sp³-hybridized carbons (Fsp3) is 0.0556. The molecule has 2 aromatic heterocycles. The largest absolute Gasteiger partial charge is 0.459 e. The van der Waals surface area contributed by atoms with Gasteiger partial charge in [-0.1, -0.05) is 30.3 Å². The Hall–Kier alpha value is -2.59. The molecule has 110 valence electrons. The van der Waals surface area contributed by atoms with E-state index in [2.05, 4.69) is 5.32 Å². The van der Waals surface area contributed by atoms with Crippen molar-refractivity contribution in [2.45, 2.75) is 6.54 Å². The van der Waals surface area contributed by atoms with Crippen LogP contribution < -0.4 is 5.32 Å². The number of furan rings is 1. The molecule has 1 aromatic carbocycles. The summed E-state index contributed by atoms with van der Waals surface area (Å²) in [5, 5.41) is 6.85. The maximum Gasteiger partial charge on any atom is 0.244 e. The lowest BCUT2D eigenvalue weighted by atomic mass is 10.2. The Labute approximate surface area is 132 Å². The molecule has 22 heavy (non-hydrogen) atoms. The van der Waals surface area contributed by atoms with E-state index in [4.69, 9.17) is 4.42 Å². The van der Waals surface area contributed by atoms with Crippen LogP contribution in [0.1, 0.15) is 11.3 Å². The number of hydrogen-bond acceptors (Lipinski definition) is 3. The zero-order valence-electron chi connectivity index (χ0n) is 11.9. The summed E-state index contributed by atoms with van der Waals surface area (Å²) in [7, 11) is 0. The van der Waals surface area contributed by atoms with Gasteiger partial charge in [-0.05, 0) is 35.2 Å². The molecule has 0 spiro atoms. The summed E-state index contributed by atoms with van der Waals surface area (Å²) in [5.74, 6) is 1.42. The van der Waals surface area contributed by atoms with Crippen molar-refractivity contribution in [2.75, 3.05) is 0 Å². The first kappa shape index (κ1) is 14.4. The number of nitrogens with one attached hydrogen (secondary N) is 1. The van der Waals surface area contributed by atoms with Crippen molar-refractivity contribution >= 4 is 23.3 Å². The van der Waals surface area contributed by atoms with Crippen LogP contribution in [0.4, 0.5) is 0 Å². The molecular formula is C18H15NO2S. The first-order chi connectivity index (χ1) is 10.8. The Bertz CT molecular complexity index is 758. The van der Waals surface area contributed by atoms with Crippen LogP contribution in [0, 0.1) is 0 Å². The molecule has 1 N–H and O–H groups in total. The molecule has 0 unspecified atom stereocenters. The molecule has 0 atom stereocenters. The molecule has 4 heteroatoms. The van der Waals surface area contributed by atoms with Crippen molar-refractivity contribution in [3.63, 3.8) is 0 Å². The second-order valence-corrected chi connectivity index (χ2v) is 5.52. The molecule has 0 aliphatic heterocycles. The number of rotatable bonds is 5. The van der Waals surface area contributed by atoms with Crippen molar-refractivity contribution < 1.29 is 9.21 Å². The smallest absolute Gasteiger partial charge is 0.244 e. The summed E-state index contributed by atoms with van der Waals surface area (Å²) in [5.41, 5.74) is 2.06. The highest BCUT2D eigenvalue weighted by Gasteiger charge is 2.05. The third-order valence-corrected chi connectivity index (χ3v) is 3.81. The van der Waals surface area contributed by atoms with Crippen molar-refractivity contribution in [3.8, 4) is 11.3 Å². The van der Waals surface area contributed by atoms with Gasteiger partial charge in [-0.25, -0.2) is 0 Å². The molecule has 0 fully saturated rings. The molecule has 0 saturated carbocycles. The maximum absolute atomic E-state index is 11.8. The molecule has 0 saturated heterocycles. The van der Waals surface area contributed by atoms with Gasteiger partial charge in [-0.3, -0.25) is 4.79 Å². The van der Waals surface area contributed by atoms with Crippen molar-refractivity contribution in [2.24, 2.45) is 0 Å². The van der Waals surface area contributed by atoms with E-state index in [0.717, 1.165) is 22.6 Å². The molecule has 0 aliphatic rings. The molecule has 0 aliphatic carbocycles. The first-order valence-corrected chi connectivity index (χ1v) is 7.88. The average Bonchev–Trinajstić information content (AvgIpc) is 3.22. The van der Waals surface area contributed by atoms with Crippen LogP contribution in [0.2, 0.25) is 0 Å². The van der Waals surface area contributed by atoms with Gasteiger partial charge < -0.3 is 9.73 Å². The third-order valence-electron chi connectivity index (χ3n) is 3.13. The standard InChI is InChI=1S/C18H15NO2S/c20-18(9-6-14-4-2-1-3-5-14)19-12-16-7-8-17(21-16)15-10-11-22-13-15/h1-11,13H,12H2,(H,19,20)/b9-6+. The Morgan fingerprint density at radius 3 is 2.77 bits per heavy atom. The number of thiophene rings is 1. The maximum atomic E-state index is 11.8. The van der Waals surface area contributed by atoms with Crippen molar-refractivity contribution in [3.05, 3.63) is 76.7 Å². The number of amides is 1. The monoisotopic (exact) mass is 309 g/mol. The number of hydrogen-bond donors (Lipinski definition) is 1. The predicted octanol–water partition coefficient (Wildman–Crippen LogP) is 4.34. The van der Waals surface area contributed by atoms with Gasteiger partial charge in [0.2, 0.25) is 5.91 Å². The van der Waals surface area contributed by atoms with E-state index in [-0.39, 0.29) is 5.91 Å². The molecular weight excluding hydrogens is 294 g/mol. The summed E-state index contributed by atoms with van der Waals surface area (Å²) in [4.78, 5) is 11.8. The fourth-order valence-corrected chi connectivity index (χ4v) is 2.65. The van der Waals surface area contributed by atoms with Gasteiger partial charge in [0.15, 0.2) is 0 Å². The van der Waals surface area contributed by atoms with Crippen LogP contribution in [-0.4, -0.2) is 5.91 Å². The van der Waals surface area contributed by atoms with Crippen LogP contribution in [-0.2, 0) is 11.3 Å². The molecule has 3 nitrogen and oxygen atoms in total. The van der Waals surface area contributed by atoms with E-state index in [9.17, 15) is 4.79 Å². The van der Waals surface area contributed by atoms with Gasteiger partial charge in [-0.2, -0.15) is 11.3 Å². The molecule has 1 amide bonds. The van der Waals surface area contributed by atoms with Gasteiger partial charge in [-0.15, -0.1) is 0 Å². The van der Waals surface area contributed by atoms with Crippen LogP contribution in [0.15, 0.2) is 69.8 Å². The summed E-state index contributed by atoms with van der Waals surface area (Å²) in [6.45, 7) is 0.377. The predicted molar refractivity (Wildman–Crippen MR) is 89.3 cm³/mol.